The van der Waals surface area contributed by atoms with Crippen LogP contribution in [0.3, 0.4) is 0 Å². The van der Waals surface area contributed by atoms with Crippen molar-refractivity contribution in [1.29, 1.82) is 0 Å². The van der Waals surface area contributed by atoms with Gasteiger partial charge in [0.25, 0.3) is 5.91 Å². The Morgan fingerprint density at radius 2 is 2.12 bits per heavy atom. The predicted octanol–water partition coefficient (Wildman–Crippen LogP) is 2.11. The second-order valence-electron chi connectivity index (χ2n) is 5.04. The quantitative estimate of drug-likeness (QED) is 0.816. The summed E-state index contributed by atoms with van der Waals surface area (Å²) >= 11 is 5.99. The maximum absolute atomic E-state index is 12.8. The number of amides is 1. The average Bonchev–Trinajstić information content (AvgIpc) is 3.02. The van der Waals surface area contributed by atoms with E-state index in [2.05, 4.69) is 9.71 Å². The Hall–Kier alpha value is -2.04. The van der Waals surface area contributed by atoms with E-state index >= 15 is 0 Å². The molecule has 1 aromatic heterocycles. The lowest BCUT2D eigenvalue weighted by Gasteiger charge is -2.18. The lowest BCUT2D eigenvalue weighted by atomic mass is 10.2. The summed E-state index contributed by atoms with van der Waals surface area (Å²) in [4.78, 5) is 17.3. The van der Waals surface area contributed by atoms with Crippen LogP contribution in [0.2, 0.25) is 5.02 Å². The van der Waals surface area contributed by atoms with Crippen molar-refractivity contribution in [2.75, 3.05) is 14.1 Å². The third-order valence-corrected chi connectivity index (χ3v) is 5.17. The monoisotopic (exact) mass is 392 g/mol. The number of halogens is 3. The van der Waals surface area contributed by atoms with E-state index < -0.39 is 22.5 Å². The van der Waals surface area contributed by atoms with Crippen LogP contribution in [0.1, 0.15) is 22.7 Å². The first-order chi connectivity index (χ1) is 11.7. The number of aromatic nitrogens is 2. The summed E-state index contributed by atoms with van der Waals surface area (Å²) in [5.74, 6) is -0.636. The molecule has 2 aromatic rings. The average molecular weight is 393 g/mol. The highest BCUT2D eigenvalue weighted by Gasteiger charge is 2.22. The largest absolute Gasteiger partial charge is 0.334 e. The lowest BCUT2D eigenvalue weighted by molar-refractivity contribution is 0.0612. The molecule has 11 heteroatoms. The molecule has 136 valence electrons. The Kier molecular flexibility index (Phi) is 5.76. The lowest BCUT2D eigenvalue weighted by Crippen LogP contribution is -2.28. The van der Waals surface area contributed by atoms with Crippen molar-refractivity contribution in [2.45, 2.75) is 18.0 Å². The number of alkyl halides is 2. The maximum Gasteiger partial charge on any atom is 0.319 e. The summed E-state index contributed by atoms with van der Waals surface area (Å²) < 4.78 is 52.2. The number of carbonyl (C=O) groups excluding carboxylic acids is 1. The third kappa shape index (κ3) is 4.14. The first-order valence-corrected chi connectivity index (χ1v) is 8.82. The number of hydrogen-bond acceptors (Lipinski definition) is 4. The van der Waals surface area contributed by atoms with Crippen LogP contribution in [0.25, 0.3) is 0 Å². The molecule has 1 heterocycles. The zero-order chi connectivity index (χ0) is 18.8. The van der Waals surface area contributed by atoms with Gasteiger partial charge in [-0.3, -0.25) is 9.36 Å². The highest BCUT2D eigenvalue weighted by molar-refractivity contribution is 7.89. The molecule has 0 aliphatic carbocycles. The molecule has 1 aromatic carbocycles. The Labute approximate surface area is 148 Å². The van der Waals surface area contributed by atoms with Crippen LogP contribution in [0.15, 0.2) is 35.5 Å². The van der Waals surface area contributed by atoms with Crippen molar-refractivity contribution in [2.24, 2.45) is 0 Å². The minimum Gasteiger partial charge on any atom is -0.334 e. The smallest absolute Gasteiger partial charge is 0.319 e. The van der Waals surface area contributed by atoms with Gasteiger partial charge < -0.3 is 4.90 Å². The number of hydrogen-bond donors (Lipinski definition) is 1. The molecule has 2 rings (SSSR count). The van der Waals surface area contributed by atoms with Gasteiger partial charge in [-0.2, -0.15) is 8.78 Å². The van der Waals surface area contributed by atoms with Gasteiger partial charge in [0.05, 0.1) is 22.0 Å². The van der Waals surface area contributed by atoms with E-state index in [1.165, 1.54) is 32.4 Å². The zero-order valence-electron chi connectivity index (χ0n) is 13.3. The number of imidazole rings is 1. The molecule has 0 aliphatic rings. The van der Waals surface area contributed by atoms with Crippen molar-refractivity contribution in [3.63, 3.8) is 0 Å². The number of nitrogens with zero attached hydrogens (tertiary/aromatic N) is 3. The molecule has 0 radical (unpaired) electrons. The fourth-order valence-corrected chi connectivity index (χ4v) is 3.04. The van der Waals surface area contributed by atoms with Crippen LogP contribution in [0.4, 0.5) is 8.78 Å². The Morgan fingerprint density at radius 1 is 1.44 bits per heavy atom. The van der Waals surface area contributed by atoms with Crippen molar-refractivity contribution in [3.8, 4) is 0 Å². The molecular formula is C14H15ClF2N4O3S. The minimum absolute atomic E-state index is 0.0130. The number of benzene rings is 1. The molecule has 0 unspecified atom stereocenters. The van der Waals surface area contributed by atoms with Gasteiger partial charge in [-0.25, -0.2) is 18.1 Å². The topological polar surface area (TPSA) is 84.3 Å². The first kappa shape index (κ1) is 19.3. The number of carbonyl (C=O) groups is 1. The zero-order valence-corrected chi connectivity index (χ0v) is 14.9. The van der Waals surface area contributed by atoms with E-state index in [1.807, 2.05) is 0 Å². The van der Waals surface area contributed by atoms with Crippen LogP contribution < -0.4 is 4.72 Å². The fourth-order valence-electron chi connectivity index (χ4n) is 2.09. The molecular weight excluding hydrogens is 378 g/mol. The van der Waals surface area contributed by atoms with Gasteiger partial charge in [0, 0.05) is 19.4 Å². The summed E-state index contributed by atoms with van der Waals surface area (Å²) in [6.45, 7) is -2.98. The van der Waals surface area contributed by atoms with Crippen LogP contribution in [-0.4, -0.2) is 42.9 Å². The van der Waals surface area contributed by atoms with Gasteiger partial charge >= 0.3 is 6.55 Å². The molecule has 0 bridgehead atoms. The molecule has 0 spiro atoms. The number of rotatable bonds is 6. The summed E-state index contributed by atoms with van der Waals surface area (Å²) in [5.41, 5.74) is -0.0596. The minimum atomic E-state index is -3.76. The maximum atomic E-state index is 12.8. The van der Waals surface area contributed by atoms with Crippen molar-refractivity contribution < 1.29 is 22.0 Å². The van der Waals surface area contributed by atoms with E-state index in [0.29, 0.717) is 4.57 Å². The van der Waals surface area contributed by atoms with Crippen LogP contribution in [0.5, 0.6) is 0 Å². The molecule has 0 aliphatic heterocycles. The first-order valence-electron chi connectivity index (χ1n) is 6.95. The van der Waals surface area contributed by atoms with E-state index in [1.54, 1.807) is 0 Å². The Morgan fingerprint density at radius 3 is 2.72 bits per heavy atom. The second kappa shape index (κ2) is 7.46. The molecule has 25 heavy (non-hydrogen) atoms. The summed E-state index contributed by atoms with van der Waals surface area (Å²) in [5, 5.41) is 0.0455. The molecule has 1 amide bonds. The Bertz CT molecular complexity index is 886. The predicted molar refractivity (Wildman–Crippen MR) is 87.0 cm³/mol. The summed E-state index contributed by atoms with van der Waals surface area (Å²) in [6.07, 6.45) is 2.30. The fraction of sp³-hybridized carbons (Fsp3) is 0.286. The van der Waals surface area contributed by atoms with Crippen molar-refractivity contribution >= 4 is 27.5 Å². The molecule has 0 saturated carbocycles. The van der Waals surface area contributed by atoms with E-state index in [-0.39, 0.29) is 27.9 Å². The highest BCUT2D eigenvalue weighted by Crippen LogP contribution is 2.22. The molecule has 0 saturated heterocycles. The van der Waals surface area contributed by atoms with Gasteiger partial charge in [-0.05, 0) is 25.2 Å². The standard InChI is InChI=1S/C14H15ClF2N4O3S/c1-18-25(23,24)9-3-4-11(15)10(7-9)13(22)20(2)8-12-19-5-6-21(12)14(16)17/h3-7,14,18H,8H2,1-2H3. The number of nitrogens with one attached hydrogen (secondary N) is 1. The third-order valence-electron chi connectivity index (χ3n) is 3.43. The Balaban J connectivity index is 2.30. The van der Waals surface area contributed by atoms with E-state index in [0.717, 1.165) is 17.2 Å². The highest BCUT2D eigenvalue weighted by atomic mass is 35.5. The van der Waals surface area contributed by atoms with Gasteiger partial charge in [0.15, 0.2) is 0 Å². The van der Waals surface area contributed by atoms with Gasteiger partial charge in [-0.15, -0.1) is 0 Å². The molecule has 0 fully saturated rings. The molecule has 0 atom stereocenters. The van der Waals surface area contributed by atoms with Crippen molar-refractivity contribution in [1.82, 2.24) is 19.2 Å². The van der Waals surface area contributed by atoms with Crippen molar-refractivity contribution in [3.05, 3.63) is 47.0 Å². The molecule has 7 nitrogen and oxygen atoms in total. The summed E-state index contributed by atoms with van der Waals surface area (Å²) in [7, 11) is -1.14. The SMILES string of the molecule is CNS(=O)(=O)c1ccc(Cl)c(C(=O)N(C)Cc2nccn2C(F)F)c1. The van der Waals surface area contributed by atoms with Gasteiger partial charge in [0.1, 0.15) is 5.82 Å². The molecule has 1 N–H and O–H groups in total. The van der Waals surface area contributed by atoms with Gasteiger partial charge in [0.2, 0.25) is 10.0 Å². The normalized spacial score (nSPS) is 11.8. The van der Waals surface area contributed by atoms with Crippen LogP contribution in [-0.2, 0) is 16.6 Å². The van der Waals surface area contributed by atoms with E-state index in [4.69, 9.17) is 11.6 Å². The number of sulfonamides is 1. The van der Waals surface area contributed by atoms with E-state index in [9.17, 15) is 22.0 Å². The van der Waals surface area contributed by atoms with Crippen LogP contribution >= 0.6 is 11.6 Å². The van der Waals surface area contributed by atoms with Gasteiger partial charge in [-0.1, -0.05) is 11.6 Å². The second-order valence-corrected chi connectivity index (χ2v) is 7.33. The van der Waals surface area contributed by atoms with Crippen LogP contribution in [0, 0.1) is 0 Å². The summed E-state index contributed by atoms with van der Waals surface area (Å²) in [6, 6.07) is 3.67.